The molecule has 9 heteroatoms. The number of hydrogen-bond donors (Lipinski definition) is 1. The fourth-order valence-electron chi connectivity index (χ4n) is 3.51. The Morgan fingerprint density at radius 1 is 0.939 bits per heavy atom. The van der Waals surface area contributed by atoms with E-state index in [2.05, 4.69) is 10.3 Å². The van der Waals surface area contributed by atoms with Crippen molar-refractivity contribution in [3.05, 3.63) is 100.0 Å². The van der Waals surface area contributed by atoms with Gasteiger partial charge in [-0.1, -0.05) is 0 Å². The van der Waals surface area contributed by atoms with Gasteiger partial charge < -0.3 is 10.2 Å². The lowest BCUT2D eigenvalue weighted by atomic mass is 10.0. The van der Waals surface area contributed by atoms with E-state index in [0.29, 0.717) is 11.3 Å². The molecule has 9 nitrogen and oxygen atoms in total. The highest BCUT2D eigenvalue weighted by atomic mass is 16.6. The molecule has 0 saturated heterocycles. The Hall–Kier alpha value is -4.53. The number of rotatable bonds is 7. The van der Waals surface area contributed by atoms with Crippen LogP contribution >= 0.6 is 0 Å². The number of non-ortho nitro benzene ring substituents is 1. The van der Waals surface area contributed by atoms with Crippen LogP contribution in [0.25, 0.3) is 5.57 Å². The Bertz CT molecular complexity index is 1240. The molecule has 166 valence electrons. The van der Waals surface area contributed by atoms with Crippen molar-refractivity contribution in [1.29, 1.82) is 0 Å². The summed E-state index contributed by atoms with van der Waals surface area (Å²) in [7, 11) is 3.85. The largest absolute Gasteiger partial charge is 0.378 e. The highest BCUT2D eigenvalue weighted by molar-refractivity contribution is 6.36. The van der Waals surface area contributed by atoms with Crippen molar-refractivity contribution in [1.82, 2.24) is 9.88 Å². The summed E-state index contributed by atoms with van der Waals surface area (Å²) >= 11 is 0. The molecular weight excluding hydrogens is 422 g/mol. The number of imide groups is 1. The van der Waals surface area contributed by atoms with Crippen molar-refractivity contribution >= 4 is 34.4 Å². The van der Waals surface area contributed by atoms with Crippen LogP contribution in [0.4, 0.5) is 17.1 Å². The van der Waals surface area contributed by atoms with E-state index < -0.39 is 16.7 Å². The van der Waals surface area contributed by atoms with Gasteiger partial charge in [-0.15, -0.1) is 0 Å². The first-order valence-electron chi connectivity index (χ1n) is 10.1. The number of hydrogen-bond acceptors (Lipinski definition) is 7. The van der Waals surface area contributed by atoms with Crippen molar-refractivity contribution in [3.63, 3.8) is 0 Å². The number of nitrogens with zero attached hydrogens (tertiary/aromatic N) is 4. The second kappa shape index (κ2) is 8.91. The molecule has 33 heavy (non-hydrogen) atoms. The first-order valence-corrected chi connectivity index (χ1v) is 10.1. The minimum absolute atomic E-state index is 0.0847. The van der Waals surface area contributed by atoms with Gasteiger partial charge in [-0.05, 0) is 59.7 Å². The third kappa shape index (κ3) is 4.42. The van der Waals surface area contributed by atoms with E-state index in [1.807, 2.05) is 43.3 Å². The van der Waals surface area contributed by atoms with Crippen molar-refractivity contribution < 1.29 is 14.5 Å². The second-order valence-electron chi connectivity index (χ2n) is 7.67. The van der Waals surface area contributed by atoms with Crippen molar-refractivity contribution in [2.75, 3.05) is 24.3 Å². The van der Waals surface area contributed by atoms with Gasteiger partial charge in [-0.25, -0.2) is 0 Å². The molecule has 4 rings (SSSR count). The third-order valence-corrected chi connectivity index (χ3v) is 5.28. The molecule has 0 unspecified atom stereocenters. The molecule has 0 aliphatic carbocycles. The number of anilines is 2. The van der Waals surface area contributed by atoms with E-state index in [4.69, 9.17) is 0 Å². The maximum absolute atomic E-state index is 13.3. The van der Waals surface area contributed by atoms with E-state index in [0.717, 1.165) is 16.2 Å². The maximum Gasteiger partial charge on any atom is 0.278 e. The van der Waals surface area contributed by atoms with Crippen LogP contribution in [0.5, 0.6) is 0 Å². The zero-order chi connectivity index (χ0) is 23.5. The molecule has 0 atom stereocenters. The number of nitrogens with one attached hydrogen (secondary N) is 1. The molecule has 0 fully saturated rings. The van der Waals surface area contributed by atoms with Crippen LogP contribution in [0.15, 0.2) is 78.8 Å². The van der Waals surface area contributed by atoms with Crippen LogP contribution in [0.2, 0.25) is 0 Å². The van der Waals surface area contributed by atoms with Crippen molar-refractivity contribution in [3.8, 4) is 0 Å². The lowest BCUT2D eigenvalue weighted by molar-refractivity contribution is -0.384. The van der Waals surface area contributed by atoms with E-state index in [9.17, 15) is 19.7 Å². The van der Waals surface area contributed by atoms with Gasteiger partial charge in [0.2, 0.25) is 0 Å². The third-order valence-electron chi connectivity index (χ3n) is 5.28. The van der Waals surface area contributed by atoms with Crippen molar-refractivity contribution in [2.45, 2.75) is 6.54 Å². The van der Waals surface area contributed by atoms with Gasteiger partial charge in [-0.2, -0.15) is 0 Å². The summed E-state index contributed by atoms with van der Waals surface area (Å²) in [5.74, 6) is -0.945. The van der Waals surface area contributed by atoms with E-state index in [-0.39, 0.29) is 23.5 Å². The van der Waals surface area contributed by atoms with E-state index in [1.54, 1.807) is 24.5 Å². The summed E-state index contributed by atoms with van der Waals surface area (Å²) in [5, 5.41) is 14.1. The zero-order valence-electron chi connectivity index (χ0n) is 18.1. The standard InChI is InChI=1S/C24H21N5O4/c1-27(2)19-9-5-18(6-10-19)26-22-21(17-3-7-20(8-4-17)29(32)33)23(30)28(24(22)31)15-16-11-13-25-14-12-16/h3-14,26H,15H2,1-2H3. The van der Waals surface area contributed by atoms with Gasteiger partial charge in [0, 0.05) is 50.0 Å². The predicted octanol–water partition coefficient (Wildman–Crippen LogP) is 3.45. The van der Waals surface area contributed by atoms with E-state index >= 15 is 0 Å². The number of pyridine rings is 1. The molecule has 0 bridgehead atoms. The summed E-state index contributed by atoms with van der Waals surface area (Å²) in [6.45, 7) is 0.0847. The number of aromatic nitrogens is 1. The minimum Gasteiger partial charge on any atom is -0.378 e. The van der Waals surface area contributed by atoms with Crippen LogP contribution in [-0.2, 0) is 16.1 Å². The Morgan fingerprint density at radius 2 is 1.58 bits per heavy atom. The fourth-order valence-corrected chi connectivity index (χ4v) is 3.51. The summed E-state index contributed by atoms with van der Waals surface area (Å²) in [6, 6.07) is 16.5. The van der Waals surface area contributed by atoms with Gasteiger partial charge in [-0.3, -0.25) is 29.6 Å². The molecule has 2 aromatic carbocycles. The summed E-state index contributed by atoms with van der Waals surface area (Å²) < 4.78 is 0. The Balaban J connectivity index is 1.72. The second-order valence-corrected chi connectivity index (χ2v) is 7.67. The molecule has 1 N–H and O–H groups in total. The first kappa shape index (κ1) is 21.7. The van der Waals surface area contributed by atoms with Crippen LogP contribution in [0.3, 0.4) is 0 Å². The Labute approximate surface area is 190 Å². The van der Waals surface area contributed by atoms with E-state index in [1.165, 1.54) is 24.3 Å². The minimum atomic E-state index is -0.513. The number of benzene rings is 2. The van der Waals surface area contributed by atoms with Crippen LogP contribution in [-0.4, -0.2) is 40.7 Å². The van der Waals surface area contributed by atoms with Crippen LogP contribution < -0.4 is 10.2 Å². The monoisotopic (exact) mass is 443 g/mol. The summed E-state index contributed by atoms with van der Waals surface area (Å²) in [4.78, 5) is 44.2. The molecule has 1 aliphatic heterocycles. The first-order chi connectivity index (χ1) is 15.8. The zero-order valence-corrected chi connectivity index (χ0v) is 18.1. The molecular formula is C24H21N5O4. The molecule has 3 aromatic rings. The smallest absolute Gasteiger partial charge is 0.278 e. The lowest BCUT2D eigenvalue weighted by Gasteiger charge is -2.16. The molecule has 0 radical (unpaired) electrons. The lowest BCUT2D eigenvalue weighted by Crippen LogP contribution is -2.32. The number of nitro benzene ring substituents is 1. The number of amides is 2. The quantitative estimate of drug-likeness (QED) is 0.338. The maximum atomic E-state index is 13.3. The Kier molecular flexibility index (Phi) is 5.86. The highest BCUT2D eigenvalue weighted by Gasteiger charge is 2.39. The van der Waals surface area contributed by atoms with Crippen molar-refractivity contribution in [2.24, 2.45) is 0 Å². The molecule has 1 aromatic heterocycles. The average Bonchev–Trinajstić information content (AvgIpc) is 3.04. The van der Waals surface area contributed by atoms with Gasteiger partial charge in [0.15, 0.2) is 0 Å². The summed E-state index contributed by atoms with van der Waals surface area (Å²) in [6.07, 6.45) is 3.19. The van der Waals surface area contributed by atoms with Gasteiger partial charge >= 0.3 is 0 Å². The predicted molar refractivity (Wildman–Crippen MR) is 124 cm³/mol. The average molecular weight is 443 g/mol. The summed E-state index contributed by atoms with van der Waals surface area (Å²) in [5.41, 5.74) is 3.00. The van der Waals surface area contributed by atoms with Crippen LogP contribution in [0, 0.1) is 10.1 Å². The molecule has 2 heterocycles. The molecule has 0 saturated carbocycles. The SMILES string of the molecule is CN(C)c1ccc(NC2=C(c3ccc([N+](=O)[O-])cc3)C(=O)N(Cc3ccncc3)C2=O)cc1. The number of nitro groups is 1. The van der Waals surface area contributed by atoms with Gasteiger partial charge in [0.05, 0.1) is 17.0 Å². The molecule has 0 spiro atoms. The molecule has 2 amide bonds. The normalized spacial score (nSPS) is 13.5. The number of carbonyl (C=O) groups excluding carboxylic acids is 2. The van der Waals surface area contributed by atoms with Crippen LogP contribution in [0.1, 0.15) is 11.1 Å². The fraction of sp³-hybridized carbons (Fsp3) is 0.125. The number of carbonyl (C=O) groups is 2. The topological polar surface area (TPSA) is 109 Å². The van der Waals surface area contributed by atoms with Gasteiger partial charge in [0.25, 0.3) is 17.5 Å². The highest BCUT2D eigenvalue weighted by Crippen LogP contribution is 2.32. The Morgan fingerprint density at radius 3 is 2.15 bits per heavy atom. The molecule has 1 aliphatic rings. The van der Waals surface area contributed by atoms with Gasteiger partial charge in [0.1, 0.15) is 5.70 Å².